The Morgan fingerprint density at radius 1 is 1.40 bits per heavy atom. The first kappa shape index (κ1) is 15.2. The summed E-state index contributed by atoms with van der Waals surface area (Å²) >= 11 is 0. The number of carboxylic acids is 1. The molecule has 0 radical (unpaired) electrons. The molecule has 0 aliphatic carbocycles. The van der Waals surface area contributed by atoms with Gasteiger partial charge in [-0.05, 0) is 19.8 Å². The van der Waals surface area contributed by atoms with E-state index >= 15 is 0 Å². The van der Waals surface area contributed by atoms with Gasteiger partial charge in [-0.3, -0.25) is 4.79 Å². The number of nitrogens with zero attached hydrogens (tertiary/aromatic N) is 1. The number of carboxylic acid groups (broad SMARTS) is 1. The fourth-order valence-electron chi connectivity index (χ4n) is 2.35. The van der Waals surface area contributed by atoms with Gasteiger partial charge in [0.2, 0.25) is 0 Å². The average Bonchev–Trinajstić information content (AvgIpc) is 2.97. The van der Waals surface area contributed by atoms with Gasteiger partial charge in [-0.15, -0.1) is 0 Å². The maximum absolute atomic E-state index is 12.2. The fourth-order valence-corrected chi connectivity index (χ4v) is 2.35. The monoisotopic (exact) mass is 287 g/mol. The number of carbonyl (C=O) groups is 2. The number of morpholine rings is 1. The highest BCUT2D eigenvalue weighted by molar-refractivity contribution is 5.82. The van der Waals surface area contributed by atoms with Crippen LogP contribution in [0.4, 0.5) is 0 Å². The molecule has 1 amide bonds. The molecule has 0 aromatic heterocycles. The van der Waals surface area contributed by atoms with Crippen molar-refractivity contribution in [3.05, 3.63) is 0 Å². The zero-order valence-electron chi connectivity index (χ0n) is 11.6. The van der Waals surface area contributed by atoms with Gasteiger partial charge in [-0.2, -0.15) is 0 Å². The van der Waals surface area contributed by atoms with E-state index in [1.165, 1.54) is 4.90 Å². The molecule has 0 saturated carbocycles. The molecule has 3 atom stereocenters. The first-order chi connectivity index (χ1) is 9.58. The SMILES string of the molecule is C[C@H](OC[C@@H]1CCCO1)C(=O)N1CCO[C@H](C(=O)O)C1. The highest BCUT2D eigenvalue weighted by Crippen LogP contribution is 2.14. The molecule has 2 saturated heterocycles. The highest BCUT2D eigenvalue weighted by Gasteiger charge is 2.31. The molecule has 114 valence electrons. The van der Waals surface area contributed by atoms with Crippen LogP contribution in [-0.2, 0) is 23.8 Å². The number of rotatable bonds is 5. The average molecular weight is 287 g/mol. The van der Waals surface area contributed by atoms with E-state index in [0.29, 0.717) is 13.2 Å². The van der Waals surface area contributed by atoms with Gasteiger partial charge in [0, 0.05) is 13.2 Å². The van der Waals surface area contributed by atoms with E-state index in [2.05, 4.69) is 0 Å². The summed E-state index contributed by atoms with van der Waals surface area (Å²) in [6.45, 7) is 3.54. The lowest BCUT2D eigenvalue weighted by Gasteiger charge is -2.32. The predicted octanol–water partition coefficient (Wildman–Crippen LogP) is -0.117. The lowest BCUT2D eigenvalue weighted by atomic mass is 10.2. The van der Waals surface area contributed by atoms with Crippen LogP contribution >= 0.6 is 0 Å². The van der Waals surface area contributed by atoms with Crippen molar-refractivity contribution in [2.75, 3.05) is 32.9 Å². The normalized spacial score (nSPS) is 28.4. The van der Waals surface area contributed by atoms with Crippen molar-refractivity contribution in [2.45, 2.75) is 38.1 Å². The maximum atomic E-state index is 12.2. The van der Waals surface area contributed by atoms with Crippen molar-refractivity contribution in [3.63, 3.8) is 0 Å². The van der Waals surface area contributed by atoms with Gasteiger partial charge in [0.1, 0.15) is 6.10 Å². The van der Waals surface area contributed by atoms with Gasteiger partial charge in [0.05, 0.1) is 25.9 Å². The largest absolute Gasteiger partial charge is 0.479 e. The molecule has 0 bridgehead atoms. The molecule has 2 aliphatic rings. The molecule has 2 aliphatic heterocycles. The van der Waals surface area contributed by atoms with Crippen LogP contribution in [0.5, 0.6) is 0 Å². The maximum Gasteiger partial charge on any atom is 0.334 e. The van der Waals surface area contributed by atoms with Crippen LogP contribution in [-0.4, -0.2) is 73.1 Å². The van der Waals surface area contributed by atoms with E-state index in [9.17, 15) is 9.59 Å². The zero-order chi connectivity index (χ0) is 14.5. The molecular formula is C13H21NO6. The Morgan fingerprint density at radius 2 is 2.20 bits per heavy atom. The third kappa shape index (κ3) is 3.91. The molecule has 0 aromatic carbocycles. The second kappa shape index (κ2) is 7.01. The van der Waals surface area contributed by atoms with Crippen molar-refractivity contribution in [3.8, 4) is 0 Å². The summed E-state index contributed by atoms with van der Waals surface area (Å²) in [4.78, 5) is 24.6. The Bertz CT molecular complexity index is 355. The number of carbonyl (C=O) groups excluding carboxylic acids is 1. The molecule has 2 rings (SSSR count). The van der Waals surface area contributed by atoms with Crippen molar-refractivity contribution in [1.82, 2.24) is 4.90 Å². The summed E-state index contributed by atoms with van der Waals surface area (Å²) < 4.78 is 16.0. The fraction of sp³-hybridized carbons (Fsp3) is 0.846. The molecule has 2 fully saturated rings. The Hall–Kier alpha value is -1.18. The second-order valence-corrected chi connectivity index (χ2v) is 5.09. The van der Waals surface area contributed by atoms with E-state index in [1.807, 2.05) is 0 Å². The van der Waals surface area contributed by atoms with Crippen LogP contribution in [0.1, 0.15) is 19.8 Å². The van der Waals surface area contributed by atoms with Crippen molar-refractivity contribution in [2.24, 2.45) is 0 Å². The summed E-state index contributed by atoms with van der Waals surface area (Å²) in [6.07, 6.45) is 0.520. The van der Waals surface area contributed by atoms with Crippen molar-refractivity contribution in [1.29, 1.82) is 0 Å². The standard InChI is InChI=1S/C13H21NO6/c1-9(20-8-10-3-2-5-18-10)12(15)14-4-6-19-11(7-14)13(16)17/h9-11H,2-8H2,1H3,(H,16,17)/t9-,10-,11-/m0/s1. The van der Waals surface area contributed by atoms with E-state index in [1.54, 1.807) is 6.92 Å². The molecule has 1 N–H and O–H groups in total. The summed E-state index contributed by atoms with van der Waals surface area (Å²) in [5.41, 5.74) is 0. The van der Waals surface area contributed by atoms with E-state index in [-0.39, 0.29) is 25.2 Å². The molecular weight excluding hydrogens is 266 g/mol. The minimum absolute atomic E-state index is 0.0710. The molecule has 20 heavy (non-hydrogen) atoms. The third-order valence-electron chi connectivity index (χ3n) is 3.56. The lowest BCUT2D eigenvalue weighted by Crippen LogP contribution is -2.51. The third-order valence-corrected chi connectivity index (χ3v) is 3.56. The van der Waals surface area contributed by atoms with E-state index in [4.69, 9.17) is 19.3 Å². The molecule has 0 aromatic rings. The highest BCUT2D eigenvalue weighted by atomic mass is 16.5. The molecule has 7 heteroatoms. The Labute approximate surface area is 117 Å². The van der Waals surface area contributed by atoms with Gasteiger partial charge in [-0.1, -0.05) is 0 Å². The van der Waals surface area contributed by atoms with Crippen molar-refractivity contribution >= 4 is 11.9 Å². The Kier molecular flexibility index (Phi) is 5.33. The number of hydrogen-bond acceptors (Lipinski definition) is 5. The predicted molar refractivity (Wildman–Crippen MR) is 68.3 cm³/mol. The molecule has 7 nitrogen and oxygen atoms in total. The van der Waals surface area contributed by atoms with Crippen LogP contribution in [0.2, 0.25) is 0 Å². The van der Waals surface area contributed by atoms with Crippen molar-refractivity contribution < 1.29 is 28.9 Å². The van der Waals surface area contributed by atoms with Crippen LogP contribution in [0.15, 0.2) is 0 Å². The van der Waals surface area contributed by atoms with Gasteiger partial charge < -0.3 is 24.2 Å². The number of amides is 1. The van der Waals surface area contributed by atoms with E-state index < -0.39 is 18.2 Å². The Balaban J connectivity index is 1.78. The number of hydrogen-bond donors (Lipinski definition) is 1. The second-order valence-electron chi connectivity index (χ2n) is 5.09. The van der Waals surface area contributed by atoms with Crippen LogP contribution in [0.3, 0.4) is 0 Å². The Morgan fingerprint density at radius 3 is 2.85 bits per heavy atom. The molecule has 2 heterocycles. The minimum atomic E-state index is -1.05. The minimum Gasteiger partial charge on any atom is -0.479 e. The van der Waals surface area contributed by atoms with Gasteiger partial charge in [-0.25, -0.2) is 4.79 Å². The van der Waals surface area contributed by atoms with Crippen LogP contribution in [0.25, 0.3) is 0 Å². The number of aliphatic carboxylic acids is 1. The van der Waals surface area contributed by atoms with E-state index in [0.717, 1.165) is 19.4 Å². The molecule has 0 unspecified atom stereocenters. The molecule has 0 spiro atoms. The quantitative estimate of drug-likeness (QED) is 0.759. The number of ether oxygens (including phenoxy) is 3. The summed E-state index contributed by atoms with van der Waals surface area (Å²) in [5.74, 6) is -1.24. The first-order valence-electron chi connectivity index (χ1n) is 6.94. The first-order valence-corrected chi connectivity index (χ1v) is 6.94. The van der Waals surface area contributed by atoms with Gasteiger partial charge in [0.25, 0.3) is 5.91 Å². The van der Waals surface area contributed by atoms with Gasteiger partial charge in [0.15, 0.2) is 6.10 Å². The topological polar surface area (TPSA) is 85.3 Å². The lowest BCUT2D eigenvalue weighted by molar-refractivity contribution is -0.163. The summed E-state index contributed by atoms with van der Waals surface area (Å²) in [6, 6.07) is 0. The van der Waals surface area contributed by atoms with Crippen LogP contribution < -0.4 is 0 Å². The van der Waals surface area contributed by atoms with Crippen LogP contribution in [0, 0.1) is 0 Å². The smallest absolute Gasteiger partial charge is 0.334 e. The summed E-state index contributed by atoms with van der Waals surface area (Å²) in [5, 5.41) is 8.91. The van der Waals surface area contributed by atoms with Gasteiger partial charge >= 0.3 is 5.97 Å². The zero-order valence-corrected chi connectivity index (χ0v) is 11.6. The summed E-state index contributed by atoms with van der Waals surface area (Å²) in [7, 11) is 0.